The highest BCUT2D eigenvalue weighted by Crippen LogP contribution is 2.47. The molecule has 0 spiro atoms. The van der Waals surface area contributed by atoms with Gasteiger partial charge in [0.2, 0.25) is 5.91 Å². The number of aromatic nitrogens is 6. The van der Waals surface area contributed by atoms with E-state index in [1.54, 1.807) is 21.5 Å². The van der Waals surface area contributed by atoms with Gasteiger partial charge < -0.3 is 15.4 Å². The maximum atomic E-state index is 12.8. The Morgan fingerprint density at radius 3 is 2.89 bits per heavy atom. The molecule has 0 aromatic carbocycles. The highest BCUT2D eigenvalue weighted by molar-refractivity contribution is 5.94. The first-order chi connectivity index (χ1) is 16.9. The van der Waals surface area contributed by atoms with Crippen molar-refractivity contribution < 1.29 is 9.53 Å². The van der Waals surface area contributed by atoms with Crippen LogP contribution in [0.1, 0.15) is 36.9 Å². The normalized spacial score (nSPS) is 23.5. The fourth-order valence-electron chi connectivity index (χ4n) is 4.76. The molecule has 1 aliphatic heterocycles. The van der Waals surface area contributed by atoms with Crippen molar-refractivity contribution in [1.82, 2.24) is 34.7 Å². The van der Waals surface area contributed by atoms with Crippen LogP contribution in [0.25, 0.3) is 17.0 Å². The van der Waals surface area contributed by atoms with Gasteiger partial charge in [-0.3, -0.25) is 14.5 Å². The van der Waals surface area contributed by atoms with Crippen LogP contribution >= 0.6 is 0 Å². The fourth-order valence-corrected chi connectivity index (χ4v) is 4.76. The van der Waals surface area contributed by atoms with Gasteiger partial charge >= 0.3 is 0 Å². The van der Waals surface area contributed by atoms with Crippen molar-refractivity contribution >= 4 is 17.4 Å². The number of carbonyl (C=O) groups excluding carboxylic acids is 1. The highest BCUT2D eigenvalue weighted by Gasteiger charge is 2.45. The number of ether oxygens (including phenoxy) is 1. The van der Waals surface area contributed by atoms with Crippen molar-refractivity contribution in [2.24, 2.45) is 13.0 Å². The predicted octanol–water partition coefficient (Wildman–Crippen LogP) is 2.70. The van der Waals surface area contributed by atoms with Crippen molar-refractivity contribution in [3.63, 3.8) is 0 Å². The summed E-state index contributed by atoms with van der Waals surface area (Å²) in [5.41, 5.74) is 4.26. The number of pyridine rings is 1. The summed E-state index contributed by atoms with van der Waals surface area (Å²) in [7, 11) is 1.88. The Kier molecular flexibility index (Phi) is 5.25. The second-order valence-corrected chi connectivity index (χ2v) is 9.61. The van der Waals surface area contributed by atoms with Crippen molar-refractivity contribution in [3.8, 4) is 17.1 Å². The second kappa shape index (κ2) is 8.46. The average molecular weight is 473 g/mol. The smallest absolute Gasteiger partial charge is 0.229 e. The van der Waals surface area contributed by atoms with E-state index >= 15 is 0 Å². The van der Waals surface area contributed by atoms with Crippen molar-refractivity contribution in [1.29, 1.82) is 0 Å². The third kappa shape index (κ3) is 4.25. The molecule has 1 aliphatic carbocycles. The van der Waals surface area contributed by atoms with E-state index in [1.807, 2.05) is 44.6 Å². The molecular weight excluding hydrogens is 444 g/mol. The zero-order chi connectivity index (χ0) is 24.1. The van der Waals surface area contributed by atoms with Crippen LogP contribution in [0.4, 0.5) is 5.82 Å². The lowest BCUT2D eigenvalue weighted by molar-refractivity contribution is -0.117. The minimum Gasteiger partial charge on any atom is -0.485 e. The zero-order valence-corrected chi connectivity index (χ0v) is 20.0. The van der Waals surface area contributed by atoms with Gasteiger partial charge in [-0.2, -0.15) is 5.10 Å². The Morgan fingerprint density at radius 1 is 1.23 bits per heavy atom. The molecule has 1 saturated heterocycles. The first-order valence-corrected chi connectivity index (χ1v) is 12.0. The molecule has 1 amide bonds. The first kappa shape index (κ1) is 21.7. The Hall–Kier alpha value is -3.79. The average Bonchev–Trinajstić information content (AvgIpc) is 3.17. The Bertz CT molecular complexity index is 1390. The number of anilines is 1. The lowest BCUT2D eigenvalue weighted by atomic mass is 10.2. The van der Waals surface area contributed by atoms with E-state index in [9.17, 15) is 4.79 Å². The highest BCUT2D eigenvalue weighted by atomic mass is 16.5. The van der Waals surface area contributed by atoms with Gasteiger partial charge in [0, 0.05) is 62.0 Å². The fraction of sp³-hybridized carbons (Fsp3) is 0.400. The molecule has 0 unspecified atom stereocenters. The van der Waals surface area contributed by atoms with E-state index in [0.29, 0.717) is 23.3 Å². The molecule has 4 aromatic rings. The zero-order valence-electron chi connectivity index (χ0n) is 20.0. The number of nitrogens with one attached hydrogen (secondary N) is 2. The van der Waals surface area contributed by atoms with Crippen LogP contribution in [0.5, 0.6) is 5.75 Å². The minimum absolute atomic E-state index is 0.0391. The molecular formula is C25H28N8O2. The topological polar surface area (TPSA) is 111 Å². The van der Waals surface area contributed by atoms with E-state index in [0.717, 1.165) is 42.0 Å². The summed E-state index contributed by atoms with van der Waals surface area (Å²) in [6.45, 7) is 4.98. The van der Waals surface area contributed by atoms with Crippen LogP contribution in [0, 0.1) is 12.8 Å². The molecule has 2 fully saturated rings. The number of amides is 1. The van der Waals surface area contributed by atoms with Gasteiger partial charge in [0.15, 0.2) is 17.2 Å². The number of hydrogen-bond donors (Lipinski definition) is 2. The number of hydrogen-bond acceptors (Lipinski definition) is 7. The lowest BCUT2D eigenvalue weighted by Gasteiger charge is -2.13. The molecule has 6 rings (SSSR count). The van der Waals surface area contributed by atoms with E-state index in [1.165, 1.54) is 0 Å². The third-order valence-corrected chi connectivity index (χ3v) is 6.77. The summed E-state index contributed by atoms with van der Waals surface area (Å²) in [6.07, 6.45) is 7.28. The van der Waals surface area contributed by atoms with Crippen molar-refractivity contribution in [2.45, 2.75) is 44.8 Å². The number of nitrogens with zero attached hydrogens (tertiary/aromatic N) is 6. The molecule has 35 heavy (non-hydrogen) atoms. The minimum atomic E-state index is -0.0829. The molecule has 2 aliphatic rings. The summed E-state index contributed by atoms with van der Waals surface area (Å²) >= 11 is 0. The summed E-state index contributed by atoms with van der Waals surface area (Å²) in [4.78, 5) is 22.0. The summed E-state index contributed by atoms with van der Waals surface area (Å²) in [5.74, 6) is 1.24. The van der Waals surface area contributed by atoms with Crippen molar-refractivity contribution in [2.75, 3.05) is 11.9 Å². The number of rotatable bonds is 6. The van der Waals surface area contributed by atoms with Crippen molar-refractivity contribution in [3.05, 3.63) is 54.1 Å². The maximum absolute atomic E-state index is 12.8. The van der Waals surface area contributed by atoms with Crippen LogP contribution in [-0.4, -0.2) is 54.0 Å². The quantitative estimate of drug-likeness (QED) is 0.444. The van der Waals surface area contributed by atoms with Crippen LogP contribution in [0.2, 0.25) is 0 Å². The van der Waals surface area contributed by atoms with Gasteiger partial charge in [-0.25, -0.2) is 9.50 Å². The molecule has 1 saturated carbocycles. The van der Waals surface area contributed by atoms with E-state index in [2.05, 4.69) is 32.7 Å². The van der Waals surface area contributed by atoms with E-state index in [4.69, 9.17) is 9.72 Å². The third-order valence-electron chi connectivity index (χ3n) is 6.77. The molecule has 0 bridgehead atoms. The van der Waals surface area contributed by atoms with E-state index < -0.39 is 0 Å². The predicted molar refractivity (Wildman–Crippen MR) is 130 cm³/mol. The largest absolute Gasteiger partial charge is 0.485 e. The maximum Gasteiger partial charge on any atom is 0.229 e. The van der Waals surface area contributed by atoms with Crippen LogP contribution < -0.4 is 15.4 Å². The van der Waals surface area contributed by atoms with Gasteiger partial charge in [0.1, 0.15) is 11.8 Å². The monoisotopic (exact) mass is 472 g/mol. The Balaban J connectivity index is 1.18. The van der Waals surface area contributed by atoms with Crippen LogP contribution in [0.15, 0.2) is 42.9 Å². The SMILES string of the molecule is Cc1ccc([C@@H]2C[C@@H]2C(=O)Nc2cc3nc(-c4c(O[C@@H]5CN[C@@H](C)C5)cnn4C)ccn3n2)nc1. The second-order valence-electron chi connectivity index (χ2n) is 9.61. The van der Waals surface area contributed by atoms with Crippen LogP contribution in [0.3, 0.4) is 0 Å². The number of carbonyl (C=O) groups is 1. The Morgan fingerprint density at radius 2 is 2.11 bits per heavy atom. The lowest BCUT2D eigenvalue weighted by Crippen LogP contribution is -2.20. The van der Waals surface area contributed by atoms with E-state index in [-0.39, 0.29) is 23.8 Å². The van der Waals surface area contributed by atoms with Crippen LogP contribution in [-0.2, 0) is 11.8 Å². The van der Waals surface area contributed by atoms with Gasteiger partial charge in [0.25, 0.3) is 0 Å². The van der Waals surface area contributed by atoms with Gasteiger partial charge in [-0.1, -0.05) is 6.07 Å². The molecule has 180 valence electrons. The molecule has 4 aromatic heterocycles. The Labute approximate surface area is 202 Å². The van der Waals surface area contributed by atoms with Gasteiger partial charge in [-0.15, -0.1) is 5.10 Å². The standard InChI is InChI=1S/C25H28N8O2/c1-14-4-5-19(27-11-14)17-9-18(17)25(34)30-22-10-23-29-20(6-7-33(23)31-22)24-21(13-28-32(24)3)35-16-8-15(2)26-12-16/h4-7,10-11,13,15-18,26H,8-9,12H2,1-3H3,(H,30,31,34)/t15-,16-,17+,18-/m0/s1. The van der Waals surface area contributed by atoms with Gasteiger partial charge in [-0.05, 0) is 38.0 Å². The van der Waals surface area contributed by atoms with Gasteiger partial charge in [0.05, 0.1) is 11.9 Å². The molecule has 5 heterocycles. The molecule has 10 heteroatoms. The first-order valence-electron chi connectivity index (χ1n) is 12.0. The summed E-state index contributed by atoms with van der Waals surface area (Å²) < 4.78 is 9.66. The number of fused-ring (bicyclic) bond motifs is 1. The number of aryl methyl sites for hydroxylation is 2. The molecule has 2 N–H and O–H groups in total. The molecule has 0 radical (unpaired) electrons. The summed E-state index contributed by atoms with van der Waals surface area (Å²) in [5, 5.41) is 15.2. The molecule has 4 atom stereocenters. The summed E-state index contributed by atoms with van der Waals surface area (Å²) in [6, 6.07) is 8.14. The molecule has 10 nitrogen and oxygen atoms in total.